The molecule has 1 amide bonds. The van der Waals surface area contributed by atoms with Gasteiger partial charge in [0.25, 0.3) is 5.91 Å². The van der Waals surface area contributed by atoms with Gasteiger partial charge >= 0.3 is 0 Å². The van der Waals surface area contributed by atoms with Crippen LogP contribution in [0.1, 0.15) is 49.5 Å². The molecule has 1 aromatic rings. The second-order valence-electron chi connectivity index (χ2n) is 4.84. The smallest absolute Gasteiger partial charge is 0.273 e. The van der Waals surface area contributed by atoms with Crippen molar-refractivity contribution in [3.05, 3.63) is 11.9 Å². The molecule has 21 heavy (non-hydrogen) atoms. The minimum atomic E-state index is -0.266. The average Bonchev–Trinajstić information content (AvgIpc) is 2.92. The molecule has 8 nitrogen and oxygen atoms in total. The Bertz CT molecular complexity index is 451. The number of carbonyl (C=O) groups excluding carboxylic acids is 1. The van der Waals surface area contributed by atoms with Crippen LogP contribution in [0.4, 0.5) is 0 Å². The van der Waals surface area contributed by atoms with E-state index >= 15 is 0 Å². The van der Waals surface area contributed by atoms with E-state index in [2.05, 4.69) is 27.5 Å². The van der Waals surface area contributed by atoms with Crippen LogP contribution in [-0.4, -0.2) is 40.0 Å². The summed E-state index contributed by atoms with van der Waals surface area (Å²) < 4.78 is 1.71. The Morgan fingerprint density at radius 3 is 2.81 bits per heavy atom. The molecule has 1 heterocycles. The molecular weight excluding hydrogens is 270 g/mol. The van der Waals surface area contributed by atoms with Crippen LogP contribution in [0.5, 0.6) is 0 Å². The van der Waals surface area contributed by atoms with Gasteiger partial charge in [-0.1, -0.05) is 37.8 Å². The number of aryl methyl sites for hydroxylation is 1. The zero-order chi connectivity index (χ0) is 15.5. The van der Waals surface area contributed by atoms with Crippen molar-refractivity contribution in [2.75, 3.05) is 13.1 Å². The highest BCUT2D eigenvalue weighted by Gasteiger charge is 2.09. The fourth-order valence-electron chi connectivity index (χ4n) is 1.83. The van der Waals surface area contributed by atoms with Gasteiger partial charge in [-0.3, -0.25) is 14.5 Å². The predicted octanol–water partition coefficient (Wildman–Crippen LogP) is 0.252. The normalized spacial score (nSPS) is 10.3. The lowest BCUT2D eigenvalue weighted by Gasteiger charge is -2.00. The van der Waals surface area contributed by atoms with Gasteiger partial charge in [-0.2, -0.15) is 0 Å². The van der Waals surface area contributed by atoms with Crippen LogP contribution < -0.4 is 16.8 Å². The lowest BCUT2D eigenvalue weighted by Crippen LogP contribution is -2.29. The van der Waals surface area contributed by atoms with E-state index < -0.39 is 0 Å². The summed E-state index contributed by atoms with van der Waals surface area (Å²) in [5.41, 5.74) is 10.7. The molecular formula is C13H25N7O. The first-order valence-corrected chi connectivity index (χ1v) is 7.37. The first-order chi connectivity index (χ1) is 10.1. The van der Waals surface area contributed by atoms with Crippen molar-refractivity contribution in [2.45, 2.75) is 45.6 Å². The van der Waals surface area contributed by atoms with Crippen LogP contribution in [0.2, 0.25) is 0 Å². The molecule has 0 aliphatic carbocycles. The molecule has 0 saturated carbocycles. The van der Waals surface area contributed by atoms with Crippen LogP contribution in [0.25, 0.3) is 0 Å². The van der Waals surface area contributed by atoms with Crippen molar-refractivity contribution in [1.82, 2.24) is 20.3 Å². The molecule has 0 aliphatic rings. The number of aliphatic imine (C=N–C) groups is 1. The van der Waals surface area contributed by atoms with Crippen molar-refractivity contribution >= 4 is 11.9 Å². The number of amides is 1. The number of rotatable bonds is 10. The van der Waals surface area contributed by atoms with Gasteiger partial charge < -0.3 is 16.8 Å². The summed E-state index contributed by atoms with van der Waals surface area (Å²) in [5, 5.41) is 10.5. The number of hydrogen-bond acceptors (Lipinski definition) is 4. The Hall–Kier alpha value is -2.12. The summed E-state index contributed by atoms with van der Waals surface area (Å²) >= 11 is 0. The molecule has 0 fully saturated rings. The van der Waals surface area contributed by atoms with Gasteiger partial charge in [-0.25, -0.2) is 0 Å². The Labute approximate surface area is 125 Å². The molecule has 118 valence electrons. The summed E-state index contributed by atoms with van der Waals surface area (Å²) in [6.07, 6.45) is 7.62. The fourth-order valence-corrected chi connectivity index (χ4v) is 1.83. The maximum atomic E-state index is 11.8. The third-order valence-corrected chi connectivity index (χ3v) is 2.95. The molecule has 0 atom stereocenters. The number of nitrogens with zero attached hydrogens (tertiary/aromatic N) is 4. The number of aromatic nitrogens is 3. The van der Waals surface area contributed by atoms with Crippen molar-refractivity contribution in [3.8, 4) is 0 Å². The summed E-state index contributed by atoms with van der Waals surface area (Å²) in [6.45, 7) is 3.69. The van der Waals surface area contributed by atoms with Crippen molar-refractivity contribution < 1.29 is 4.79 Å². The lowest BCUT2D eigenvalue weighted by molar-refractivity contribution is 0.0949. The van der Waals surface area contributed by atoms with Gasteiger partial charge in [0.05, 0.1) is 12.7 Å². The van der Waals surface area contributed by atoms with Crippen molar-refractivity contribution in [2.24, 2.45) is 16.5 Å². The van der Waals surface area contributed by atoms with E-state index in [1.54, 1.807) is 10.9 Å². The van der Waals surface area contributed by atoms with E-state index in [9.17, 15) is 4.79 Å². The summed E-state index contributed by atoms with van der Waals surface area (Å²) in [5.74, 6) is -0.253. The largest absolute Gasteiger partial charge is 0.370 e. The Morgan fingerprint density at radius 1 is 1.33 bits per heavy atom. The van der Waals surface area contributed by atoms with Crippen LogP contribution in [0.15, 0.2) is 11.2 Å². The first-order valence-electron chi connectivity index (χ1n) is 7.37. The summed E-state index contributed by atoms with van der Waals surface area (Å²) in [4.78, 5) is 15.6. The molecule has 1 rings (SSSR count). The average molecular weight is 295 g/mol. The van der Waals surface area contributed by atoms with Crippen LogP contribution >= 0.6 is 0 Å². The number of hydrogen-bond donors (Lipinski definition) is 3. The minimum absolute atomic E-state index is 0.0123. The summed E-state index contributed by atoms with van der Waals surface area (Å²) in [7, 11) is 0. The highest BCUT2D eigenvalue weighted by Crippen LogP contribution is 2.04. The predicted molar refractivity (Wildman–Crippen MR) is 81.8 cm³/mol. The Morgan fingerprint density at radius 2 is 2.10 bits per heavy atom. The molecule has 8 heteroatoms. The highest BCUT2D eigenvalue weighted by atomic mass is 16.2. The molecule has 5 N–H and O–H groups in total. The first kappa shape index (κ1) is 16.9. The second kappa shape index (κ2) is 9.73. The third-order valence-electron chi connectivity index (χ3n) is 2.95. The Balaban J connectivity index is 2.26. The van der Waals surface area contributed by atoms with Gasteiger partial charge in [0.2, 0.25) is 0 Å². The van der Waals surface area contributed by atoms with E-state index in [0.717, 1.165) is 13.0 Å². The third kappa shape index (κ3) is 7.28. The van der Waals surface area contributed by atoms with E-state index in [1.165, 1.54) is 25.7 Å². The van der Waals surface area contributed by atoms with E-state index in [0.29, 0.717) is 18.8 Å². The second-order valence-corrected chi connectivity index (χ2v) is 4.84. The van der Waals surface area contributed by atoms with Crippen molar-refractivity contribution in [1.29, 1.82) is 0 Å². The fraction of sp³-hybridized carbons (Fsp3) is 0.692. The molecule has 1 aromatic heterocycles. The quantitative estimate of drug-likeness (QED) is 0.324. The van der Waals surface area contributed by atoms with E-state index in [-0.39, 0.29) is 11.9 Å². The maximum absolute atomic E-state index is 11.8. The molecule has 0 radical (unpaired) electrons. The standard InChI is InChI=1S/C13H25N7O/c1-2-3-4-5-6-9-20-10-11(18-19-20)12(21)16-7-8-17-13(14)15/h10H,2-9H2,1H3,(H,16,21)(H4,14,15,17). The molecule has 0 aliphatic heterocycles. The SMILES string of the molecule is CCCCCCCn1cc(C(=O)NCCN=C(N)N)nn1. The molecule has 0 spiro atoms. The van der Waals surface area contributed by atoms with Gasteiger partial charge in [0.1, 0.15) is 0 Å². The molecule has 0 unspecified atom stereocenters. The van der Waals surface area contributed by atoms with Gasteiger partial charge in [-0.05, 0) is 6.42 Å². The molecule has 0 aromatic carbocycles. The van der Waals surface area contributed by atoms with Gasteiger partial charge in [0.15, 0.2) is 11.7 Å². The van der Waals surface area contributed by atoms with Gasteiger partial charge in [-0.15, -0.1) is 5.10 Å². The highest BCUT2D eigenvalue weighted by molar-refractivity contribution is 5.91. The van der Waals surface area contributed by atoms with Crippen LogP contribution in [-0.2, 0) is 6.54 Å². The zero-order valence-electron chi connectivity index (χ0n) is 12.6. The van der Waals surface area contributed by atoms with E-state index in [1.807, 2.05) is 0 Å². The maximum Gasteiger partial charge on any atom is 0.273 e. The monoisotopic (exact) mass is 295 g/mol. The zero-order valence-corrected chi connectivity index (χ0v) is 12.6. The summed E-state index contributed by atoms with van der Waals surface area (Å²) in [6, 6.07) is 0. The van der Waals surface area contributed by atoms with Crippen molar-refractivity contribution in [3.63, 3.8) is 0 Å². The number of guanidine groups is 1. The number of nitrogens with two attached hydrogens (primary N) is 2. The van der Waals surface area contributed by atoms with Gasteiger partial charge in [0, 0.05) is 13.1 Å². The topological polar surface area (TPSA) is 124 Å². The van der Waals surface area contributed by atoms with E-state index in [4.69, 9.17) is 11.5 Å². The van der Waals surface area contributed by atoms with Crippen LogP contribution in [0, 0.1) is 0 Å². The molecule has 0 bridgehead atoms. The lowest BCUT2D eigenvalue weighted by atomic mass is 10.1. The van der Waals surface area contributed by atoms with Crippen LogP contribution in [0.3, 0.4) is 0 Å². The number of nitrogens with one attached hydrogen (secondary N) is 1. The minimum Gasteiger partial charge on any atom is -0.370 e. The Kier molecular flexibility index (Phi) is 7.85. The number of unbranched alkanes of at least 4 members (excludes halogenated alkanes) is 4. The number of carbonyl (C=O) groups is 1. The molecule has 0 saturated heterocycles.